The quantitative estimate of drug-likeness (QED) is 0.883. The number of pyridine rings is 1. The van der Waals surface area contributed by atoms with Crippen molar-refractivity contribution in [1.29, 1.82) is 0 Å². The molecule has 6 heteroatoms. The van der Waals surface area contributed by atoms with E-state index >= 15 is 0 Å². The van der Waals surface area contributed by atoms with Gasteiger partial charge in [0.05, 0.1) is 18.4 Å². The van der Waals surface area contributed by atoms with Gasteiger partial charge in [-0.25, -0.2) is 0 Å². The molecule has 6 nitrogen and oxygen atoms in total. The highest BCUT2D eigenvalue weighted by Crippen LogP contribution is 2.29. The molecule has 0 bridgehead atoms. The van der Waals surface area contributed by atoms with Crippen LogP contribution in [0.2, 0.25) is 0 Å². The standard InChI is InChI=1S/C18H21N3O3/c1-13-6-7-17(24-3)16(11-13)21(14(2)22)10-9-20-18(23)15-5-4-8-19-12-15/h4-8,11-12H,9-10H2,1-3H3,(H,20,23). The first-order chi connectivity index (χ1) is 11.5. The summed E-state index contributed by atoms with van der Waals surface area (Å²) in [4.78, 5) is 29.6. The number of hydrogen-bond donors (Lipinski definition) is 1. The minimum absolute atomic E-state index is 0.116. The molecule has 1 heterocycles. The molecule has 0 aliphatic rings. The number of nitrogens with zero attached hydrogens (tertiary/aromatic N) is 2. The average Bonchev–Trinajstić information content (AvgIpc) is 2.59. The summed E-state index contributed by atoms with van der Waals surface area (Å²) in [6.45, 7) is 4.11. The van der Waals surface area contributed by atoms with Gasteiger partial charge in [0.25, 0.3) is 5.91 Å². The van der Waals surface area contributed by atoms with Crippen LogP contribution in [0.5, 0.6) is 5.75 Å². The van der Waals surface area contributed by atoms with Gasteiger partial charge in [0.2, 0.25) is 5.91 Å². The van der Waals surface area contributed by atoms with Crippen molar-refractivity contribution in [1.82, 2.24) is 10.3 Å². The first-order valence-electron chi connectivity index (χ1n) is 7.64. The largest absolute Gasteiger partial charge is 0.495 e. The zero-order valence-electron chi connectivity index (χ0n) is 14.1. The normalized spacial score (nSPS) is 10.1. The number of aromatic nitrogens is 1. The first kappa shape index (κ1) is 17.5. The van der Waals surface area contributed by atoms with E-state index in [-0.39, 0.29) is 11.8 Å². The molecule has 0 fully saturated rings. The molecule has 0 atom stereocenters. The van der Waals surface area contributed by atoms with Crippen molar-refractivity contribution in [3.8, 4) is 5.75 Å². The summed E-state index contributed by atoms with van der Waals surface area (Å²) < 4.78 is 5.34. The van der Waals surface area contributed by atoms with E-state index in [4.69, 9.17) is 4.74 Å². The molecule has 0 saturated carbocycles. The van der Waals surface area contributed by atoms with E-state index in [2.05, 4.69) is 10.3 Å². The third kappa shape index (κ3) is 4.32. The van der Waals surface area contributed by atoms with Crippen molar-refractivity contribution in [3.05, 3.63) is 53.9 Å². The second-order valence-electron chi connectivity index (χ2n) is 5.34. The van der Waals surface area contributed by atoms with Crippen LogP contribution in [0, 0.1) is 6.92 Å². The summed E-state index contributed by atoms with van der Waals surface area (Å²) in [6, 6.07) is 9.03. The molecule has 126 valence electrons. The lowest BCUT2D eigenvalue weighted by atomic mass is 10.2. The van der Waals surface area contributed by atoms with E-state index in [1.54, 1.807) is 30.3 Å². The van der Waals surface area contributed by atoms with E-state index < -0.39 is 0 Å². The molecule has 24 heavy (non-hydrogen) atoms. The van der Waals surface area contributed by atoms with Gasteiger partial charge in [-0.2, -0.15) is 0 Å². The van der Waals surface area contributed by atoms with E-state index in [9.17, 15) is 9.59 Å². The van der Waals surface area contributed by atoms with Gasteiger partial charge in [0.15, 0.2) is 0 Å². The van der Waals surface area contributed by atoms with Crippen LogP contribution in [0.4, 0.5) is 5.69 Å². The summed E-state index contributed by atoms with van der Waals surface area (Å²) in [7, 11) is 1.57. The number of carbonyl (C=O) groups is 2. The third-order valence-electron chi connectivity index (χ3n) is 3.55. The SMILES string of the molecule is COc1ccc(C)cc1N(CCNC(=O)c1cccnc1)C(C)=O. The van der Waals surface area contributed by atoms with E-state index in [0.717, 1.165) is 5.56 Å². The minimum atomic E-state index is -0.220. The van der Waals surface area contributed by atoms with Gasteiger partial charge >= 0.3 is 0 Å². The van der Waals surface area contributed by atoms with Gasteiger partial charge in [-0.15, -0.1) is 0 Å². The molecule has 2 rings (SSSR count). The highest BCUT2D eigenvalue weighted by molar-refractivity contribution is 5.95. The zero-order valence-corrected chi connectivity index (χ0v) is 14.1. The Morgan fingerprint density at radius 2 is 2.08 bits per heavy atom. The number of anilines is 1. The van der Waals surface area contributed by atoms with E-state index in [1.165, 1.54) is 13.1 Å². The lowest BCUT2D eigenvalue weighted by Gasteiger charge is -2.24. The van der Waals surface area contributed by atoms with Crippen molar-refractivity contribution in [2.75, 3.05) is 25.1 Å². The van der Waals surface area contributed by atoms with Crippen molar-refractivity contribution < 1.29 is 14.3 Å². The monoisotopic (exact) mass is 327 g/mol. The molecule has 1 aromatic carbocycles. The summed E-state index contributed by atoms with van der Waals surface area (Å²) in [5.41, 5.74) is 2.21. The summed E-state index contributed by atoms with van der Waals surface area (Å²) >= 11 is 0. The number of amides is 2. The number of methoxy groups -OCH3 is 1. The predicted molar refractivity (Wildman–Crippen MR) is 92.3 cm³/mol. The van der Waals surface area contributed by atoms with Gasteiger partial charge in [0, 0.05) is 32.4 Å². The maximum atomic E-state index is 12.0. The molecular formula is C18H21N3O3. The summed E-state index contributed by atoms with van der Waals surface area (Å²) in [5.74, 6) is 0.284. The fourth-order valence-corrected chi connectivity index (χ4v) is 2.34. The highest BCUT2D eigenvalue weighted by atomic mass is 16.5. The van der Waals surface area contributed by atoms with Crippen LogP contribution in [0.25, 0.3) is 0 Å². The lowest BCUT2D eigenvalue weighted by Crippen LogP contribution is -2.37. The van der Waals surface area contributed by atoms with Crippen LogP contribution in [0.15, 0.2) is 42.7 Å². The molecule has 2 amide bonds. The molecule has 0 unspecified atom stereocenters. The Morgan fingerprint density at radius 3 is 2.71 bits per heavy atom. The molecule has 2 aromatic rings. The number of aryl methyl sites for hydroxylation is 1. The molecule has 0 radical (unpaired) electrons. The van der Waals surface area contributed by atoms with Crippen LogP contribution in [-0.4, -0.2) is 37.0 Å². The Morgan fingerprint density at radius 1 is 1.29 bits per heavy atom. The van der Waals surface area contributed by atoms with Crippen molar-refractivity contribution in [3.63, 3.8) is 0 Å². The average molecular weight is 327 g/mol. The van der Waals surface area contributed by atoms with Crippen LogP contribution in [-0.2, 0) is 4.79 Å². The fourth-order valence-electron chi connectivity index (χ4n) is 2.34. The van der Waals surface area contributed by atoms with Crippen LogP contribution < -0.4 is 15.0 Å². The van der Waals surface area contributed by atoms with E-state index in [1.807, 2.05) is 25.1 Å². The number of benzene rings is 1. The van der Waals surface area contributed by atoms with Gasteiger partial charge in [-0.05, 0) is 36.8 Å². The van der Waals surface area contributed by atoms with Gasteiger partial charge in [0.1, 0.15) is 5.75 Å². The van der Waals surface area contributed by atoms with Crippen molar-refractivity contribution in [2.24, 2.45) is 0 Å². The second-order valence-corrected chi connectivity index (χ2v) is 5.34. The van der Waals surface area contributed by atoms with Gasteiger partial charge in [-0.3, -0.25) is 14.6 Å². The Kier molecular flexibility index (Phi) is 5.89. The number of carbonyl (C=O) groups excluding carboxylic acids is 2. The smallest absolute Gasteiger partial charge is 0.252 e. The molecular weight excluding hydrogens is 306 g/mol. The van der Waals surface area contributed by atoms with Gasteiger partial charge < -0.3 is 15.0 Å². The molecule has 0 aliphatic heterocycles. The minimum Gasteiger partial charge on any atom is -0.495 e. The maximum absolute atomic E-state index is 12.0. The first-order valence-corrected chi connectivity index (χ1v) is 7.64. The maximum Gasteiger partial charge on any atom is 0.252 e. The molecule has 1 aromatic heterocycles. The Hall–Kier alpha value is -2.89. The van der Waals surface area contributed by atoms with Gasteiger partial charge in [-0.1, -0.05) is 6.07 Å². The molecule has 0 spiro atoms. The summed E-state index contributed by atoms with van der Waals surface area (Å²) in [6.07, 6.45) is 3.11. The molecule has 1 N–H and O–H groups in total. The number of rotatable bonds is 6. The Balaban J connectivity index is 2.06. The summed E-state index contributed by atoms with van der Waals surface area (Å²) in [5, 5.41) is 2.79. The third-order valence-corrected chi connectivity index (χ3v) is 3.55. The molecule has 0 aliphatic carbocycles. The van der Waals surface area contributed by atoms with Crippen LogP contribution in [0.1, 0.15) is 22.8 Å². The number of ether oxygens (including phenoxy) is 1. The fraction of sp³-hybridized carbons (Fsp3) is 0.278. The van der Waals surface area contributed by atoms with Crippen molar-refractivity contribution in [2.45, 2.75) is 13.8 Å². The number of hydrogen-bond acceptors (Lipinski definition) is 4. The highest BCUT2D eigenvalue weighted by Gasteiger charge is 2.16. The lowest BCUT2D eigenvalue weighted by molar-refractivity contribution is -0.116. The van der Waals surface area contributed by atoms with Crippen LogP contribution >= 0.6 is 0 Å². The topological polar surface area (TPSA) is 71.5 Å². The Bertz CT molecular complexity index is 717. The molecule has 0 saturated heterocycles. The van der Waals surface area contributed by atoms with Crippen LogP contribution in [0.3, 0.4) is 0 Å². The van der Waals surface area contributed by atoms with E-state index in [0.29, 0.717) is 30.1 Å². The predicted octanol–water partition coefficient (Wildman–Crippen LogP) is 2.18. The van der Waals surface area contributed by atoms with Crippen molar-refractivity contribution >= 4 is 17.5 Å². The second kappa shape index (κ2) is 8.10. The Labute approximate surface area is 141 Å². The zero-order chi connectivity index (χ0) is 17.5. The number of nitrogens with one attached hydrogen (secondary N) is 1.